The molecule has 0 radical (unpaired) electrons. The average Bonchev–Trinajstić information content (AvgIpc) is 2.43. The van der Waals surface area contributed by atoms with Crippen LogP contribution in [0.3, 0.4) is 0 Å². The predicted octanol–water partition coefficient (Wildman–Crippen LogP) is 2.37. The van der Waals surface area contributed by atoms with Crippen LogP contribution >= 0.6 is 0 Å². The maximum absolute atomic E-state index is 9.26. The zero-order valence-corrected chi connectivity index (χ0v) is 12.3. The van der Waals surface area contributed by atoms with Crippen molar-refractivity contribution in [3.8, 4) is 12.1 Å². The van der Waals surface area contributed by atoms with E-state index in [-0.39, 0.29) is 11.6 Å². The molecule has 1 aromatic rings. The first-order valence-corrected chi connectivity index (χ1v) is 6.83. The summed E-state index contributed by atoms with van der Waals surface area (Å²) in [5, 5.41) is 18.3. The van der Waals surface area contributed by atoms with Crippen molar-refractivity contribution in [2.75, 3.05) is 25.0 Å². The number of hydrogen-bond acceptors (Lipinski definition) is 4. The monoisotopic (exact) mass is 268 g/mol. The molecule has 4 heteroatoms. The minimum Gasteiger partial charge on any atom is -0.367 e. The molecule has 0 aliphatic carbocycles. The van der Waals surface area contributed by atoms with Crippen LogP contribution in [0.15, 0.2) is 24.3 Å². The Morgan fingerprint density at radius 3 is 2.65 bits per heavy atom. The molecule has 1 aliphatic rings. The quantitative estimate of drug-likeness (QED) is 0.826. The molecule has 2 rings (SSSR count). The highest BCUT2D eigenvalue weighted by atomic mass is 15.3. The zero-order chi connectivity index (χ0) is 14.8. The van der Waals surface area contributed by atoms with Crippen molar-refractivity contribution in [2.24, 2.45) is 0 Å². The Labute approximate surface area is 120 Å². The van der Waals surface area contributed by atoms with Crippen LogP contribution in [0.5, 0.6) is 0 Å². The fourth-order valence-corrected chi connectivity index (χ4v) is 2.85. The lowest BCUT2D eigenvalue weighted by Crippen LogP contribution is -2.62. The summed E-state index contributed by atoms with van der Waals surface area (Å²) in [6, 6.07) is 12.4. The highest BCUT2D eigenvalue weighted by Crippen LogP contribution is 2.30. The summed E-state index contributed by atoms with van der Waals surface area (Å²) in [4.78, 5) is 4.52. The van der Waals surface area contributed by atoms with Gasteiger partial charge in [0, 0.05) is 24.7 Å². The van der Waals surface area contributed by atoms with Crippen LogP contribution < -0.4 is 4.90 Å². The minimum atomic E-state index is -0.0255. The highest BCUT2D eigenvalue weighted by Gasteiger charge is 2.37. The molecule has 0 spiro atoms. The van der Waals surface area contributed by atoms with Crippen LogP contribution in [-0.4, -0.2) is 36.6 Å². The summed E-state index contributed by atoms with van der Waals surface area (Å²) < 4.78 is 0. The number of benzene rings is 1. The molecule has 0 N–H and O–H groups in total. The van der Waals surface area contributed by atoms with E-state index in [2.05, 4.69) is 42.8 Å². The van der Waals surface area contributed by atoms with Crippen LogP contribution in [-0.2, 0) is 0 Å². The lowest BCUT2D eigenvalue weighted by molar-refractivity contribution is 0.0826. The molecule has 1 aromatic carbocycles. The molecule has 1 atom stereocenters. The number of nitrogens with zero attached hydrogens (tertiary/aromatic N) is 4. The number of nitriles is 2. The van der Waals surface area contributed by atoms with Crippen LogP contribution in [0.2, 0.25) is 0 Å². The molecule has 1 saturated heterocycles. The first-order valence-electron chi connectivity index (χ1n) is 6.83. The summed E-state index contributed by atoms with van der Waals surface area (Å²) in [5.41, 5.74) is 1.64. The lowest BCUT2D eigenvalue weighted by atomic mass is 9.93. The third kappa shape index (κ3) is 2.61. The Morgan fingerprint density at radius 1 is 1.30 bits per heavy atom. The van der Waals surface area contributed by atoms with E-state index in [9.17, 15) is 5.26 Å². The number of para-hydroxylation sites is 1. The van der Waals surface area contributed by atoms with Crippen molar-refractivity contribution in [1.82, 2.24) is 4.90 Å². The summed E-state index contributed by atoms with van der Waals surface area (Å²) in [6.07, 6.45) is 0.505. The van der Waals surface area contributed by atoms with Crippen molar-refractivity contribution in [3.63, 3.8) is 0 Å². The molecule has 1 aliphatic heterocycles. The van der Waals surface area contributed by atoms with E-state index in [1.807, 2.05) is 24.3 Å². The first-order chi connectivity index (χ1) is 9.49. The lowest BCUT2D eigenvalue weighted by Gasteiger charge is -2.50. The van der Waals surface area contributed by atoms with Crippen LogP contribution in [0.1, 0.15) is 25.8 Å². The Balaban J connectivity index is 2.34. The second kappa shape index (κ2) is 5.53. The van der Waals surface area contributed by atoms with Crippen LogP contribution in [0.25, 0.3) is 0 Å². The van der Waals surface area contributed by atoms with Gasteiger partial charge >= 0.3 is 0 Å². The molecule has 1 fully saturated rings. The van der Waals surface area contributed by atoms with Gasteiger partial charge in [0.15, 0.2) is 0 Å². The fraction of sp³-hybridized carbons (Fsp3) is 0.500. The van der Waals surface area contributed by atoms with Gasteiger partial charge < -0.3 is 4.90 Å². The molecule has 104 valence electrons. The molecule has 0 bridgehead atoms. The van der Waals surface area contributed by atoms with E-state index in [1.165, 1.54) is 0 Å². The molecular weight excluding hydrogens is 248 g/mol. The topological polar surface area (TPSA) is 54.1 Å². The van der Waals surface area contributed by atoms with E-state index in [1.54, 1.807) is 0 Å². The third-order valence-electron chi connectivity index (χ3n) is 4.20. The number of hydrogen-bond donors (Lipinski definition) is 0. The molecule has 0 aromatic heterocycles. The van der Waals surface area contributed by atoms with Crippen molar-refractivity contribution in [2.45, 2.75) is 31.8 Å². The SMILES string of the molecule is CN1C(CC#N)CN(c2ccccc2C#N)CC1(C)C. The molecule has 1 heterocycles. The van der Waals surface area contributed by atoms with Crippen LogP contribution in [0, 0.1) is 22.7 Å². The van der Waals surface area contributed by atoms with Gasteiger partial charge in [-0.15, -0.1) is 0 Å². The summed E-state index contributed by atoms with van der Waals surface area (Å²) in [7, 11) is 2.08. The Kier molecular flexibility index (Phi) is 3.97. The molecule has 1 unspecified atom stereocenters. The largest absolute Gasteiger partial charge is 0.367 e. The van der Waals surface area contributed by atoms with E-state index in [0.29, 0.717) is 12.0 Å². The predicted molar refractivity (Wildman–Crippen MR) is 79.2 cm³/mol. The average molecular weight is 268 g/mol. The molecular formula is C16H20N4. The van der Waals surface area contributed by atoms with Gasteiger partial charge in [-0.05, 0) is 33.0 Å². The van der Waals surface area contributed by atoms with Gasteiger partial charge in [0.05, 0.1) is 23.7 Å². The maximum atomic E-state index is 9.26. The van der Waals surface area contributed by atoms with E-state index >= 15 is 0 Å². The summed E-state index contributed by atoms with van der Waals surface area (Å²) >= 11 is 0. The van der Waals surface area contributed by atoms with Crippen molar-refractivity contribution in [1.29, 1.82) is 10.5 Å². The Bertz CT molecular complexity index is 565. The van der Waals surface area contributed by atoms with E-state index in [4.69, 9.17) is 5.26 Å². The van der Waals surface area contributed by atoms with Gasteiger partial charge in [0.1, 0.15) is 6.07 Å². The first kappa shape index (κ1) is 14.4. The minimum absolute atomic E-state index is 0.0255. The molecule has 4 nitrogen and oxygen atoms in total. The Hall–Kier alpha value is -2.04. The fourth-order valence-electron chi connectivity index (χ4n) is 2.85. The molecule has 0 saturated carbocycles. The smallest absolute Gasteiger partial charge is 0.101 e. The summed E-state index contributed by atoms with van der Waals surface area (Å²) in [6.45, 7) is 5.99. The normalized spacial score (nSPS) is 22.1. The van der Waals surface area contributed by atoms with E-state index < -0.39 is 0 Å². The van der Waals surface area contributed by atoms with Crippen molar-refractivity contribution < 1.29 is 0 Å². The Morgan fingerprint density at radius 2 is 2.00 bits per heavy atom. The van der Waals surface area contributed by atoms with Gasteiger partial charge in [-0.3, -0.25) is 4.90 Å². The van der Waals surface area contributed by atoms with Crippen molar-refractivity contribution >= 4 is 5.69 Å². The second-order valence-corrected chi connectivity index (χ2v) is 5.95. The second-order valence-electron chi connectivity index (χ2n) is 5.95. The standard InChI is InChI=1S/C16H20N4/c1-16(2)12-20(11-14(8-9-17)19(16)3)15-7-5-4-6-13(15)10-18/h4-7,14H,8,11-12H2,1-3H3. The number of anilines is 1. The van der Waals surface area contributed by atoms with Gasteiger partial charge in [0.2, 0.25) is 0 Å². The van der Waals surface area contributed by atoms with Gasteiger partial charge in [-0.1, -0.05) is 12.1 Å². The van der Waals surface area contributed by atoms with E-state index in [0.717, 1.165) is 18.8 Å². The number of likely N-dealkylation sites (N-methyl/N-ethyl adjacent to an activating group) is 1. The van der Waals surface area contributed by atoms with Gasteiger partial charge in [-0.25, -0.2) is 0 Å². The highest BCUT2D eigenvalue weighted by molar-refractivity contribution is 5.60. The van der Waals surface area contributed by atoms with Crippen LogP contribution in [0.4, 0.5) is 5.69 Å². The molecule has 0 amide bonds. The third-order valence-corrected chi connectivity index (χ3v) is 4.20. The van der Waals surface area contributed by atoms with Gasteiger partial charge in [-0.2, -0.15) is 10.5 Å². The zero-order valence-electron chi connectivity index (χ0n) is 12.3. The number of rotatable bonds is 2. The maximum Gasteiger partial charge on any atom is 0.101 e. The van der Waals surface area contributed by atoms with Gasteiger partial charge in [0.25, 0.3) is 0 Å². The molecule has 20 heavy (non-hydrogen) atoms. The van der Waals surface area contributed by atoms with Crippen molar-refractivity contribution in [3.05, 3.63) is 29.8 Å². The summed E-state index contributed by atoms with van der Waals surface area (Å²) in [5.74, 6) is 0. The number of piperazine rings is 1.